The zero-order valence-electron chi connectivity index (χ0n) is 12.0. The number of thiazole rings is 1. The molecule has 2 rings (SSSR count). The molecule has 2 heterocycles. The van der Waals surface area contributed by atoms with Crippen LogP contribution in [-0.4, -0.2) is 35.0 Å². The summed E-state index contributed by atoms with van der Waals surface area (Å²) in [6.45, 7) is 6.72. The number of rotatable bonds is 5. The lowest BCUT2D eigenvalue weighted by molar-refractivity contribution is 0.727. The van der Waals surface area contributed by atoms with Crippen LogP contribution in [0.25, 0.3) is 0 Å². The minimum absolute atomic E-state index is 0. The minimum atomic E-state index is 0. The summed E-state index contributed by atoms with van der Waals surface area (Å²) in [6.07, 6.45) is 4.58. The van der Waals surface area contributed by atoms with Gasteiger partial charge in [-0.3, -0.25) is 0 Å². The zero-order valence-corrected chi connectivity index (χ0v) is 16.0. The largest absolute Gasteiger partial charge is 0.357 e. The molecular weight excluding hydrogens is 403 g/mol. The molecule has 0 spiro atoms. The van der Waals surface area contributed by atoms with E-state index in [0.717, 1.165) is 29.3 Å². The van der Waals surface area contributed by atoms with E-state index in [1.54, 1.807) is 11.3 Å². The van der Waals surface area contributed by atoms with Crippen molar-refractivity contribution in [2.75, 3.05) is 18.8 Å². The second kappa shape index (κ2) is 9.83. The Morgan fingerprint density at radius 1 is 1.50 bits per heavy atom. The molecule has 1 unspecified atom stereocenters. The van der Waals surface area contributed by atoms with Crippen molar-refractivity contribution in [1.82, 2.24) is 15.6 Å². The first-order chi connectivity index (χ1) is 9.28. The summed E-state index contributed by atoms with van der Waals surface area (Å²) in [5.41, 5.74) is 0. The van der Waals surface area contributed by atoms with Crippen LogP contribution in [0.4, 0.5) is 0 Å². The highest BCUT2D eigenvalue weighted by molar-refractivity contribution is 14.0. The maximum absolute atomic E-state index is 4.59. The zero-order chi connectivity index (χ0) is 13.5. The van der Waals surface area contributed by atoms with Gasteiger partial charge in [0, 0.05) is 29.4 Å². The Labute approximate surface area is 146 Å². The average molecular weight is 426 g/mol. The van der Waals surface area contributed by atoms with Crippen molar-refractivity contribution in [3.8, 4) is 0 Å². The van der Waals surface area contributed by atoms with Crippen LogP contribution in [-0.2, 0) is 6.54 Å². The van der Waals surface area contributed by atoms with E-state index in [1.807, 2.05) is 6.20 Å². The molecule has 1 aromatic heterocycles. The number of hydrogen-bond acceptors (Lipinski definition) is 4. The summed E-state index contributed by atoms with van der Waals surface area (Å²) in [5.74, 6) is 2.21. The highest BCUT2D eigenvalue weighted by atomic mass is 127. The summed E-state index contributed by atoms with van der Waals surface area (Å²) >= 11 is 3.78. The second-order valence-electron chi connectivity index (χ2n) is 4.58. The van der Waals surface area contributed by atoms with Gasteiger partial charge in [0.2, 0.25) is 0 Å². The van der Waals surface area contributed by atoms with E-state index in [1.165, 1.54) is 23.5 Å². The Hall–Kier alpha value is -0.0200. The van der Waals surface area contributed by atoms with Gasteiger partial charge in [0.25, 0.3) is 0 Å². The molecule has 0 amide bonds. The molecule has 1 aliphatic heterocycles. The molecule has 0 aliphatic carbocycles. The lowest BCUT2D eigenvalue weighted by Gasteiger charge is -2.14. The van der Waals surface area contributed by atoms with Gasteiger partial charge in [0.1, 0.15) is 5.01 Å². The third kappa shape index (κ3) is 6.17. The minimum Gasteiger partial charge on any atom is -0.357 e. The number of aliphatic imine (C=N–C) groups is 1. The lowest BCUT2D eigenvalue weighted by Crippen LogP contribution is -2.40. The van der Waals surface area contributed by atoms with Crippen molar-refractivity contribution in [2.24, 2.45) is 4.99 Å². The van der Waals surface area contributed by atoms with Gasteiger partial charge in [0.15, 0.2) is 5.96 Å². The molecule has 2 N–H and O–H groups in total. The predicted octanol–water partition coefficient (Wildman–Crippen LogP) is 3.02. The number of thioether (sulfide) groups is 1. The highest BCUT2D eigenvalue weighted by Crippen LogP contribution is 2.25. The Morgan fingerprint density at radius 2 is 2.35 bits per heavy atom. The van der Waals surface area contributed by atoms with Gasteiger partial charge in [-0.1, -0.05) is 0 Å². The Kier molecular flexibility index (Phi) is 8.86. The van der Waals surface area contributed by atoms with Gasteiger partial charge < -0.3 is 10.6 Å². The van der Waals surface area contributed by atoms with Crippen LogP contribution in [0.1, 0.15) is 29.7 Å². The molecule has 20 heavy (non-hydrogen) atoms. The number of aromatic nitrogens is 1. The van der Waals surface area contributed by atoms with E-state index in [2.05, 4.69) is 46.2 Å². The van der Waals surface area contributed by atoms with Gasteiger partial charge in [0.05, 0.1) is 6.54 Å². The van der Waals surface area contributed by atoms with Crippen molar-refractivity contribution in [1.29, 1.82) is 0 Å². The fraction of sp³-hybridized carbons (Fsp3) is 0.692. The Morgan fingerprint density at radius 3 is 2.95 bits per heavy atom. The number of nitrogens with zero attached hydrogens (tertiary/aromatic N) is 2. The van der Waals surface area contributed by atoms with Crippen LogP contribution in [0.15, 0.2) is 11.2 Å². The Bertz CT molecular complexity index is 416. The van der Waals surface area contributed by atoms with E-state index in [9.17, 15) is 0 Å². The van der Waals surface area contributed by atoms with E-state index in [-0.39, 0.29) is 24.0 Å². The molecular formula is C13H23IN4S2. The SMILES string of the molecule is CCNC(=NCc1ncc(C)s1)NCC1CCCS1.I. The van der Waals surface area contributed by atoms with E-state index in [0.29, 0.717) is 6.54 Å². The van der Waals surface area contributed by atoms with Gasteiger partial charge in [-0.05, 0) is 32.4 Å². The van der Waals surface area contributed by atoms with Crippen LogP contribution in [0.2, 0.25) is 0 Å². The molecule has 0 radical (unpaired) electrons. The molecule has 4 nitrogen and oxygen atoms in total. The molecule has 114 valence electrons. The second-order valence-corrected chi connectivity index (χ2v) is 7.30. The summed E-state index contributed by atoms with van der Waals surface area (Å²) in [6, 6.07) is 0. The molecule has 1 fully saturated rings. The first-order valence-electron chi connectivity index (χ1n) is 6.83. The third-order valence-electron chi connectivity index (χ3n) is 2.91. The van der Waals surface area contributed by atoms with Crippen molar-refractivity contribution in [2.45, 2.75) is 38.5 Å². The predicted molar refractivity (Wildman–Crippen MR) is 101 cm³/mol. The summed E-state index contributed by atoms with van der Waals surface area (Å²) in [7, 11) is 0. The average Bonchev–Trinajstić information content (AvgIpc) is 3.04. The molecule has 7 heteroatoms. The maximum Gasteiger partial charge on any atom is 0.191 e. The number of nitrogens with one attached hydrogen (secondary N) is 2. The van der Waals surface area contributed by atoms with Crippen molar-refractivity contribution in [3.05, 3.63) is 16.1 Å². The van der Waals surface area contributed by atoms with Crippen LogP contribution in [0.5, 0.6) is 0 Å². The van der Waals surface area contributed by atoms with Crippen LogP contribution in [0.3, 0.4) is 0 Å². The third-order valence-corrected chi connectivity index (χ3v) is 5.20. The van der Waals surface area contributed by atoms with E-state index >= 15 is 0 Å². The summed E-state index contributed by atoms with van der Waals surface area (Å²) in [5, 5.41) is 8.54. The number of halogens is 1. The van der Waals surface area contributed by atoms with Gasteiger partial charge in [-0.15, -0.1) is 35.3 Å². The highest BCUT2D eigenvalue weighted by Gasteiger charge is 2.15. The number of hydrogen-bond donors (Lipinski definition) is 2. The van der Waals surface area contributed by atoms with E-state index < -0.39 is 0 Å². The standard InChI is InChI=1S/C13H22N4S2.HI/c1-3-14-13(16-8-11-5-4-6-18-11)17-9-12-15-7-10(2)19-12;/h7,11H,3-6,8-9H2,1-2H3,(H2,14,16,17);1H. The quantitative estimate of drug-likeness (QED) is 0.432. The number of aryl methyl sites for hydroxylation is 1. The van der Waals surface area contributed by atoms with Gasteiger partial charge in [-0.2, -0.15) is 11.8 Å². The number of guanidine groups is 1. The summed E-state index contributed by atoms with van der Waals surface area (Å²) < 4.78 is 0. The molecule has 1 aliphatic rings. The van der Waals surface area contributed by atoms with Crippen LogP contribution in [0, 0.1) is 6.92 Å². The van der Waals surface area contributed by atoms with Gasteiger partial charge >= 0.3 is 0 Å². The fourth-order valence-corrected chi connectivity index (χ4v) is 3.89. The first kappa shape index (κ1) is 18.0. The smallest absolute Gasteiger partial charge is 0.191 e. The molecule has 0 aromatic carbocycles. The van der Waals surface area contributed by atoms with Crippen molar-refractivity contribution in [3.63, 3.8) is 0 Å². The van der Waals surface area contributed by atoms with Crippen molar-refractivity contribution < 1.29 is 0 Å². The molecule has 1 aromatic rings. The lowest BCUT2D eigenvalue weighted by atomic mass is 10.2. The normalized spacial score (nSPS) is 18.7. The molecule has 1 saturated heterocycles. The van der Waals surface area contributed by atoms with Crippen LogP contribution < -0.4 is 10.6 Å². The first-order valence-corrected chi connectivity index (χ1v) is 8.69. The molecule has 0 saturated carbocycles. The maximum atomic E-state index is 4.59. The monoisotopic (exact) mass is 426 g/mol. The van der Waals surface area contributed by atoms with E-state index in [4.69, 9.17) is 0 Å². The summed E-state index contributed by atoms with van der Waals surface area (Å²) in [4.78, 5) is 10.2. The molecule has 0 bridgehead atoms. The van der Waals surface area contributed by atoms with Gasteiger partial charge in [-0.25, -0.2) is 9.98 Å². The topological polar surface area (TPSA) is 49.3 Å². The Balaban J connectivity index is 0.00000200. The van der Waals surface area contributed by atoms with Crippen molar-refractivity contribution >= 4 is 53.0 Å². The van der Waals surface area contributed by atoms with Crippen LogP contribution >= 0.6 is 47.1 Å². The molecule has 1 atom stereocenters. The fourth-order valence-electron chi connectivity index (χ4n) is 1.98.